The van der Waals surface area contributed by atoms with E-state index >= 15 is 0 Å². The fourth-order valence-electron chi connectivity index (χ4n) is 2.11. The normalized spacial score (nSPS) is 31.9. The SMILES string of the molecule is CCCC=C1OC(=O)C2=C1CC[C@H](O)[C@@H]2O. The third-order valence-electron chi connectivity index (χ3n) is 3.01. The first-order chi connectivity index (χ1) is 7.65. The molecule has 0 unspecified atom stereocenters. The van der Waals surface area contributed by atoms with Crippen LogP contribution in [0.2, 0.25) is 0 Å². The highest BCUT2D eigenvalue weighted by molar-refractivity contribution is 5.96. The van der Waals surface area contributed by atoms with Gasteiger partial charge in [-0.25, -0.2) is 4.79 Å². The van der Waals surface area contributed by atoms with Gasteiger partial charge in [-0.2, -0.15) is 0 Å². The Morgan fingerprint density at radius 3 is 2.94 bits per heavy atom. The number of cyclic esters (lactones) is 1. The Morgan fingerprint density at radius 2 is 2.25 bits per heavy atom. The molecule has 0 spiro atoms. The first kappa shape index (κ1) is 11.4. The largest absolute Gasteiger partial charge is 0.423 e. The summed E-state index contributed by atoms with van der Waals surface area (Å²) >= 11 is 0. The number of carbonyl (C=O) groups excluding carboxylic acids is 1. The molecular formula is C12H16O4. The van der Waals surface area contributed by atoms with E-state index in [0.29, 0.717) is 18.6 Å². The predicted octanol–water partition coefficient (Wildman–Crippen LogP) is 1.04. The molecule has 2 rings (SSSR count). The quantitative estimate of drug-likeness (QED) is 0.688. The maximum Gasteiger partial charge on any atom is 0.342 e. The fraction of sp³-hybridized carbons (Fsp3) is 0.583. The Labute approximate surface area is 94.2 Å². The Kier molecular flexibility index (Phi) is 3.12. The van der Waals surface area contributed by atoms with Crippen LogP contribution in [0.1, 0.15) is 32.6 Å². The van der Waals surface area contributed by atoms with Crippen LogP contribution in [0.15, 0.2) is 23.0 Å². The van der Waals surface area contributed by atoms with Crippen molar-refractivity contribution in [3.8, 4) is 0 Å². The molecule has 2 N–H and O–H groups in total. The van der Waals surface area contributed by atoms with Gasteiger partial charge in [-0.3, -0.25) is 0 Å². The van der Waals surface area contributed by atoms with E-state index in [1.54, 1.807) is 0 Å². The average molecular weight is 224 g/mol. The zero-order chi connectivity index (χ0) is 11.7. The smallest absolute Gasteiger partial charge is 0.342 e. The first-order valence-corrected chi connectivity index (χ1v) is 5.67. The number of hydrogen-bond acceptors (Lipinski definition) is 4. The number of allylic oxidation sites excluding steroid dienone is 2. The zero-order valence-electron chi connectivity index (χ0n) is 9.27. The van der Waals surface area contributed by atoms with Crippen molar-refractivity contribution in [2.75, 3.05) is 0 Å². The highest BCUT2D eigenvalue weighted by Crippen LogP contribution is 2.37. The third kappa shape index (κ3) is 1.79. The second-order valence-corrected chi connectivity index (χ2v) is 4.19. The number of carbonyl (C=O) groups is 1. The standard InChI is InChI=1S/C12H16O4/c1-2-3-4-9-7-5-6-8(13)11(14)10(7)12(15)16-9/h4,8,11,13-14H,2-3,5-6H2,1H3/t8-,11-/m0/s1. The molecule has 2 atom stereocenters. The highest BCUT2D eigenvalue weighted by Gasteiger charge is 2.40. The molecule has 0 bridgehead atoms. The molecule has 2 aliphatic rings. The van der Waals surface area contributed by atoms with E-state index in [9.17, 15) is 15.0 Å². The first-order valence-electron chi connectivity index (χ1n) is 5.67. The molecule has 0 saturated heterocycles. The number of esters is 1. The van der Waals surface area contributed by atoms with Crippen molar-refractivity contribution in [1.82, 2.24) is 0 Å². The van der Waals surface area contributed by atoms with Gasteiger partial charge in [0.25, 0.3) is 0 Å². The number of ether oxygens (including phenoxy) is 1. The van der Waals surface area contributed by atoms with Crippen molar-refractivity contribution in [2.45, 2.75) is 44.8 Å². The van der Waals surface area contributed by atoms with Gasteiger partial charge in [-0.1, -0.05) is 13.3 Å². The Balaban J connectivity index is 2.31. The minimum atomic E-state index is -1.09. The Bertz CT molecular complexity index is 367. The number of hydrogen-bond donors (Lipinski definition) is 2. The van der Waals surface area contributed by atoms with E-state index in [-0.39, 0.29) is 5.57 Å². The van der Waals surface area contributed by atoms with Gasteiger partial charge >= 0.3 is 5.97 Å². The summed E-state index contributed by atoms with van der Waals surface area (Å²) < 4.78 is 5.11. The van der Waals surface area contributed by atoms with Gasteiger partial charge < -0.3 is 14.9 Å². The van der Waals surface area contributed by atoms with Crippen molar-refractivity contribution < 1.29 is 19.7 Å². The van der Waals surface area contributed by atoms with Gasteiger partial charge in [0.05, 0.1) is 11.7 Å². The molecule has 0 aromatic carbocycles. The van der Waals surface area contributed by atoms with E-state index in [0.717, 1.165) is 18.4 Å². The molecule has 0 fully saturated rings. The van der Waals surface area contributed by atoms with Crippen LogP contribution in [0, 0.1) is 0 Å². The number of rotatable bonds is 2. The van der Waals surface area contributed by atoms with Crippen LogP contribution in [-0.4, -0.2) is 28.4 Å². The molecule has 4 heteroatoms. The molecule has 1 aliphatic heterocycles. The Hall–Kier alpha value is -1.13. The van der Waals surface area contributed by atoms with Crippen LogP contribution < -0.4 is 0 Å². The second-order valence-electron chi connectivity index (χ2n) is 4.19. The lowest BCUT2D eigenvalue weighted by Gasteiger charge is -2.22. The summed E-state index contributed by atoms with van der Waals surface area (Å²) in [6.07, 6.45) is 2.83. The van der Waals surface area contributed by atoms with Crippen molar-refractivity contribution in [3.05, 3.63) is 23.0 Å². The number of aliphatic hydroxyl groups excluding tert-OH is 2. The summed E-state index contributed by atoms with van der Waals surface area (Å²) in [5.74, 6) is 0.0661. The molecule has 0 aromatic rings. The summed E-state index contributed by atoms with van der Waals surface area (Å²) in [4.78, 5) is 11.5. The fourth-order valence-corrected chi connectivity index (χ4v) is 2.11. The summed E-state index contributed by atoms with van der Waals surface area (Å²) in [5, 5.41) is 19.2. The number of unbranched alkanes of at least 4 members (excludes halogenated alkanes) is 1. The maximum atomic E-state index is 11.5. The van der Waals surface area contributed by atoms with Crippen LogP contribution in [0.5, 0.6) is 0 Å². The summed E-state index contributed by atoms with van der Waals surface area (Å²) in [5.41, 5.74) is 1.03. The molecule has 16 heavy (non-hydrogen) atoms. The zero-order valence-corrected chi connectivity index (χ0v) is 9.27. The molecular weight excluding hydrogens is 208 g/mol. The highest BCUT2D eigenvalue weighted by atomic mass is 16.5. The van der Waals surface area contributed by atoms with Gasteiger partial charge in [0.1, 0.15) is 11.9 Å². The summed E-state index contributed by atoms with van der Waals surface area (Å²) in [6, 6.07) is 0. The van der Waals surface area contributed by atoms with E-state index in [4.69, 9.17) is 4.74 Å². The van der Waals surface area contributed by atoms with Gasteiger partial charge in [-0.05, 0) is 25.3 Å². The molecule has 88 valence electrons. The van der Waals surface area contributed by atoms with Crippen molar-refractivity contribution >= 4 is 5.97 Å². The Morgan fingerprint density at radius 1 is 1.50 bits per heavy atom. The number of aliphatic hydroxyl groups is 2. The second kappa shape index (κ2) is 4.39. The molecule has 1 heterocycles. The molecule has 4 nitrogen and oxygen atoms in total. The van der Waals surface area contributed by atoms with Crippen LogP contribution in [0.3, 0.4) is 0 Å². The lowest BCUT2D eigenvalue weighted by atomic mass is 9.87. The minimum Gasteiger partial charge on any atom is -0.423 e. The predicted molar refractivity (Wildman–Crippen MR) is 57.4 cm³/mol. The maximum absolute atomic E-state index is 11.5. The van der Waals surface area contributed by atoms with Crippen LogP contribution in [0.4, 0.5) is 0 Å². The topological polar surface area (TPSA) is 66.8 Å². The van der Waals surface area contributed by atoms with E-state index < -0.39 is 18.2 Å². The lowest BCUT2D eigenvalue weighted by Crippen LogP contribution is -2.33. The monoisotopic (exact) mass is 224 g/mol. The average Bonchev–Trinajstić information content (AvgIpc) is 2.58. The molecule has 1 aliphatic carbocycles. The molecule has 0 aromatic heterocycles. The minimum absolute atomic E-state index is 0.251. The van der Waals surface area contributed by atoms with Gasteiger partial charge in [0.2, 0.25) is 0 Å². The van der Waals surface area contributed by atoms with Crippen LogP contribution in [-0.2, 0) is 9.53 Å². The van der Waals surface area contributed by atoms with Gasteiger partial charge in [0.15, 0.2) is 0 Å². The van der Waals surface area contributed by atoms with Crippen LogP contribution >= 0.6 is 0 Å². The summed E-state index contributed by atoms with van der Waals surface area (Å²) in [6.45, 7) is 2.04. The van der Waals surface area contributed by atoms with Crippen molar-refractivity contribution in [2.24, 2.45) is 0 Å². The van der Waals surface area contributed by atoms with E-state index in [1.165, 1.54) is 0 Å². The summed E-state index contributed by atoms with van der Waals surface area (Å²) in [7, 11) is 0. The molecule has 0 saturated carbocycles. The lowest BCUT2D eigenvalue weighted by molar-refractivity contribution is -0.135. The van der Waals surface area contributed by atoms with E-state index in [2.05, 4.69) is 0 Å². The third-order valence-corrected chi connectivity index (χ3v) is 3.01. The van der Waals surface area contributed by atoms with Crippen molar-refractivity contribution in [3.63, 3.8) is 0 Å². The van der Waals surface area contributed by atoms with E-state index in [1.807, 2.05) is 13.0 Å². The molecule has 0 amide bonds. The van der Waals surface area contributed by atoms with Crippen LogP contribution in [0.25, 0.3) is 0 Å². The van der Waals surface area contributed by atoms with Gasteiger partial charge in [0, 0.05) is 5.57 Å². The van der Waals surface area contributed by atoms with Gasteiger partial charge in [-0.15, -0.1) is 0 Å². The van der Waals surface area contributed by atoms with Crippen molar-refractivity contribution in [1.29, 1.82) is 0 Å². The molecule has 0 radical (unpaired) electrons.